The Morgan fingerprint density at radius 1 is 0.963 bits per heavy atom. The van der Waals surface area contributed by atoms with E-state index in [2.05, 4.69) is 10.0 Å². The van der Waals surface area contributed by atoms with Crippen LogP contribution in [-0.4, -0.2) is 20.4 Å². The molecule has 27 heavy (non-hydrogen) atoms. The number of sulfonamides is 1. The van der Waals surface area contributed by atoms with Crippen LogP contribution in [0.5, 0.6) is 0 Å². The summed E-state index contributed by atoms with van der Waals surface area (Å²) in [5.74, 6) is -0.212. The molecular formula is C19H22Cl2N2O3S. The summed E-state index contributed by atoms with van der Waals surface area (Å²) in [5, 5.41) is 3.70. The highest BCUT2D eigenvalue weighted by Gasteiger charge is 2.13. The molecule has 2 aromatic rings. The predicted molar refractivity (Wildman–Crippen MR) is 109 cm³/mol. The van der Waals surface area contributed by atoms with Crippen molar-refractivity contribution >= 4 is 39.1 Å². The molecule has 8 heteroatoms. The molecule has 0 aliphatic heterocycles. The van der Waals surface area contributed by atoms with Crippen LogP contribution in [0.3, 0.4) is 0 Å². The minimum atomic E-state index is -3.35. The number of nitrogens with one attached hydrogen (secondary N) is 2. The highest BCUT2D eigenvalue weighted by Crippen LogP contribution is 2.22. The second-order valence-corrected chi connectivity index (χ2v) is 9.12. The van der Waals surface area contributed by atoms with E-state index in [0.717, 1.165) is 11.1 Å². The zero-order valence-electron chi connectivity index (χ0n) is 15.1. The van der Waals surface area contributed by atoms with Gasteiger partial charge in [-0.05, 0) is 42.7 Å². The second-order valence-electron chi connectivity index (χ2n) is 6.55. The molecule has 0 saturated heterocycles. The second kappa shape index (κ2) is 9.55. The maximum atomic E-state index is 12.1. The molecule has 0 heterocycles. The molecule has 0 bridgehead atoms. The van der Waals surface area contributed by atoms with E-state index in [0.29, 0.717) is 22.2 Å². The number of halogens is 2. The maximum Gasteiger partial charge on any atom is 0.224 e. The number of carbonyl (C=O) groups is 1. The fourth-order valence-corrected chi connectivity index (χ4v) is 4.23. The summed E-state index contributed by atoms with van der Waals surface area (Å²) in [7, 11) is -3.35. The Morgan fingerprint density at radius 3 is 2.15 bits per heavy atom. The minimum absolute atomic E-state index is 0.0743. The topological polar surface area (TPSA) is 75.3 Å². The average Bonchev–Trinajstić information content (AvgIpc) is 2.56. The highest BCUT2D eigenvalue weighted by molar-refractivity contribution is 7.88. The average molecular weight is 429 g/mol. The van der Waals surface area contributed by atoms with E-state index in [-0.39, 0.29) is 24.1 Å². The first-order valence-electron chi connectivity index (χ1n) is 8.43. The van der Waals surface area contributed by atoms with Crippen molar-refractivity contribution in [1.82, 2.24) is 10.0 Å². The molecule has 1 amide bonds. The lowest BCUT2D eigenvalue weighted by molar-refractivity contribution is -0.120. The Kier molecular flexibility index (Phi) is 7.68. The van der Waals surface area contributed by atoms with Gasteiger partial charge in [0.2, 0.25) is 15.9 Å². The quantitative estimate of drug-likeness (QED) is 0.672. The molecule has 0 unspecified atom stereocenters. The Balaban J connectivity index is 1.87. The molecule has 0 saturated carbocycles. The normalized spacial score (nSPS) is 11.6. The third kappa shape index (κ3) is 7.50. The van der Waals surface area contributed by atoms with Crippen LogP contribution >= 0.6 is 23.2 Å². The van der Waals surface area contributed by atoms with E-state index in [1.165, 1.54) is 0 Å². The smallest absolute Gasteiger partial charge is 0.224 e. The SMILES string of the molecule is CC(C)NS(=O)(=O)Cc1ccc(CNC(=O)Cc2ccc(Cl)c(Cl)c2)cc1. The van der Waals surface area contributed by atoms with Gasteiger partial charge in [-0.1, -0.05) is 53.5 Å². The lowest BCUT2D eigenvalue weighted by Gasteiger charge is -2.10. The van der Waals surface area contributed by atoms with Crippen LogP contribution in [0.2, 0.25) is 10.0 Å². The third-order valence-electron chi connectivity index (χ3n) is 3.63. The van der Waals surface area contributed by atoms with Crippen LogP contribution in [0.4, 0.5) is 0 Å². The van der Waals surface area contributed by atoms with Gasteiger partial charge in [0.15, 0.2) is 0 Å². The largest absolute Gasteiger partial charge is 0.352 e. The Bertz CT molecular complexity index is 898. The van der Waals surface area contributed by atoms with Crippen molar-refractivity contribution in [2.75, 3.05) is 0 Å². The van der Waals surface area contributed by atoms with Gasteiger partial charge < -0.3 is 5.32 Å². The van der Waals surface area contributed by atoms with Gasteiger partial charge in [-0.3, -0.25) is 4.79 Å². The van der Waals surface area contributed by atoms with E-state index >= 15 is 0 Å². The van der Waals surface area contributed by atoms with Crippen LogP contribution < -0.4 is 10.0 Å². The lowest BCUT2D eigenvalue weighted by atomic mass is 10.1. The first-order valence-corrected chi connectivity index (χ1v) is 10.8. The molecule has 0 fully saturated rings. The number of hydrogen-bond acceptors (Lipinski definition) is 3. The number of hydrogen-bond donors (Lipinski definition) is 2. The number of carbonyl (C=O) groups excluding carboxylic acids is 1. The Hall–Kier alpha value is -1.60. The van der Waals surface area contributed by atoms with Crippen molar-refractivity contribution in [2.45, 2.75) is 38.6 Å². The predicted octanol–water partition coefficient (Wildman–Crippen LogP) is 3.68. The minimum Gasteiger partial charge on any atom is -0.352 e. The molecule has 0 aliphatic rings. The van der Waals surface area contributed by atoms with Crippen LogP contribution in [0.25, 0.3) is 0 Å². The van der Waals surface area contributed by atoms with Crippen molar-refractivity contribution in [3.05, 3.63) is 69.2 Å². The summed E-state index contributed by atoms with van der Waals surface area (Å²) >= 11 is 11.8. The number of benzene rings is 2. The van der Waals surface area contributed by atoms with E-state index < -0.39 is 10.0 Å². The number of rotatable bonds is 8. The molecule has 0 atom stereocenters. The molecular weight excluding hydrogens is 407 g/mol. The molecule has 0 radical (unpaired) electrons. The van der Waals surface area contributed by atoms with Gasteiger partial charge in [0, 0.05) is 12.6 Å². The highest BCUT2D eigenvalue weighted by atomic mass is 35.5. The Morgan fingerprint density at radius 2 is 1.56 bits per heavy atom. The van der Waals surface area contributed by atoms with Crippen molar-refractivity contribution in [2.24, 2.45) is 0 Å². The van der Waals surface area contributed by atoms with Gasteiger partial charge in [0.05, 0.1) is 22.2 Å². The summed E-state index contributed by atoms with van der Waals surface area (Å²) in [6.45, 7) is 3.92. The van der Waals surface area contributed by atoms with Gasteiger partial charge in [0.1, 0.15) is 0 Å². The summed E-state index contributed by atoms with van der Waals surface area (Å²) < 4.78 is 26.4. The van der Waals surface area contributed by atoms with Gasteiger partial charge in [0.25, 0.3) is 0 Å². The maximum absolute atomic E-state index is 12.1. The first-order chi connectivity index (χ1) is 12.6. The summed E-state index contributed by atoms with van der Waals surface area (Å²) in [4.78, 5) is 12.1. The Labute approximate surface area is 170 Å². The zero-order valence-corrected chi connectivity index (χ0v) is 17.5. The molecule has 0 aliphatic carbocycles. The van der Waals surface area contributed by atoms with E-state index in [4.69, 9.17) is 23.2 Å². The van der Waals surface area contributed by atoms with Crippen molar-refractivity contribution in [3.63, 3.8) is 0 Å². The van der Waals surface area contributed by atoms with E-state index in [9.17, 15) is 13.2 Å². The zero-order chi connectivity index (χ0) is 20.0. The molecule has 0 aromatic heterocycles. The lowest BCUT2D eigenvalue weighted by Crippen LogP contribution is -2.31. The van der Waals surface area contributed by atoms with Crippen molar-refractivity contribution in [1.29, 1.82) is 0 Å². The summed E-state index contributed by atoms with van der Waals surface area (Å²) in [5.41, 5.74) is 2.35. The molecule has 2 N–H and O–H groups in total. The van der Waals surface area contributed by atoms with Gasteiger partial charge >= 0.3 is 0 Å². The summed E-state index contributed by atoms with van der Waals surface area (Å²) in [6, 6.07) is 12.1. The standard InChI is InChI=1S/C19H22Cl2N2O3S/c1-13(2)23-27(25,26)12-15-5-3-14(4-6-15)11-22-19(24)10-16-7-8-17(20)18(21)9-16/h3-9,13,23H,10-12H2,1-2H3,(H,22,24). The molecule has 5 nitrogen and oxygen atoms in total. The molecule has 146 valence electrons. The third-order valence-corrected chi connectivity index (χ3v) is 5.92. The fourth-order valence-electron chi connectivity index (χ4n) is 2.47. The number of amides is 1. The molecule has 2 aromatic carbocycles. The molecule has 0 spiro atoms. The van der Waals surface area contributed by atoms with Gasteiger partial charge in [-0.2, -0.15) is 0 Å². The first kappa shape index (κ1) is 21.7. The van der Waals surface area contributed by atoms with Crippen LogP contribution in [0.1, 0.15) is 30.5 Å². The van der Waals surface area contributed by atoms with Crippen LogP contribution in [0, 0.1) is 0 Å². The van der Waals surface area contributed by atoms with Crippen molar-refractivity contribution < 1.29 is 13.2 Å². The van der Waals surface area contributed by atoms with Crippen LogP contribution in [0.15, 0.2) is 42.5 Å². The van der Waals surface area contributed by atoms with Crippen molar-refractivity contribution in [3.8, 4) is 0 Å². The summed E-state index contributed by atoms with van der Waals surface area (Å²) in [6.07, 6.45) is 0.202. The van der Waals surface area contributed by atoms with Gasteiger partial charge in [-0.15, -0.1) is 0 Å². The van der Waals surface area contributed by atoms with E-state index in [1.54, 1.807) is 56.3 Å². The van der Waals surface area contributed by atoms with Gasteiger partial charge in [-0.25, -0.2) is 13.1 Å². The van der Waals surface area contributed by atoms with Crippen LogP contribution in [-0.2, 0) is 33.5 Å². The fraction of sp³-hybridized carbons (Fsp3) is 0.316. The van der Waals surface area contributed by atoms with E-state index in [1.807, 2.05) is 0 Å². The monoisotopic (exact) mass is 428 g/mol. The molecule has 2 rings (SSSR count).